The number of halogens is 1. The summed E-state index contributed by atoms with van der Waals surface area (Å²) in [5.41, 5.74) is -0.232. The summed E-state index contributed by atoms with van der Waals surface area (Å²) in [5, 5.41) is 13.5. The standard InChI is InChI=1S/C12H13FN2O3/c1-3-4-5-6-14-10-8-12(18-2)11(15(16)17)7-9(10)13/h7-8,14H,5-6H2,1-2H3. The lowest BCUT2D eigenvalue weighted by Gasteiger charge is -2.08. The van der Waals surface area contributed by atoms with Gasteiger partial charge in [0.15, 0.2) is 11.6 Å². The number of anilines is 1. The number of ether oxygens (including phenoxy) is 1. The summed E-state index contributed by atoms with van der Waals surface area (Å²) in [6.45, 7) is 2.17. The molecule has 18 heavy (non-hydrogen) atoms. The van der Waals surface area contributed by atoms with E-state index in [1.54, 1.807) is 6.92 Å². The first-order chi connectivity index (χ1) is 8.60. The second-order valence-electron chi connectivity index (χ2n) is 3.36. The summed E-state index contributed by atoms with van der Waals surface area (Å²) in [7, 11) is 1.30. The van der Waals surface area contributed by atoms with Crippen molar-refractivity contribution in [3.63, 3.8) is 0 Å². The van der Waals surface area contributed by atoms with Crippen molar-refractivity contribution in [2.24, 2.45) is 0 Å². The summed E-state index contributed by atoms with van der Waals surface area (Å²) >= 11 is 0. The van der Waals surface area contributed by atoms with Crippen molar-refractivity contribution < 1.29 is 14.1 Å². The van der Waals surface area contributed by atoms with E-state index in [0.717, 1.165) is 6.07 Å². The van der Waals surface area contributed by atoms with Crippen LogP contribution in [0.3, 0.4) is 0 Å². The Hall–Kier alpha value is -2.29. The Morgan fingerprint density at radius 3 is 2.83 bits per heavy atom. The highest BCUT2D eigenvalue weighted by atomic mass is 19.1. The van der Waals surface area contributed by atoms with Crippen LogP contribution in [0.4, 0.5) is 15.8 Å². The molecule has 0 aliphatic carbocycles. The molecule has 0 spiro atoms. The summed E-state index contributed by atoms with van der Waals surface area (Å²) in [6.07, 6.45) is 0.565. The molecule has 0 aliphatic heterocycles. The van der Waals surface area contributed by atoms with E-state index in [2.05, 4.69) is 17.2 Å². The minimum atomic E-state index is -0.688. The Kier molecular flexibility index (Phi) is 4.93. The molecule has 0 bridgehead atoms. The maximum atomic E-state index is 13.6. The third-order valence-corrected chi connectivity index (χ3v) is 2.21. The average molecular weight is 252 g/mol. The lowest BCUT2D eigenvalue weighted by Crippen LogP contribution is -2.04. The van der Waals surface area contributed by atoms with Crippen molar-refractivity contribution in [2.75, 3.05) is 19.0 Å². The molecule has 0 heterocycles. The minimum Gasteiger partial charge on any atom is -0.490 e. The average Bonchev–Trinajstić information content (AvgIpc) is 2.35. The molecule has 1 aromatic carbocycles. The Labute approximate surface area is 104 Å². The Morgan fingerprint density at radius 1 is 1.56 bits per heavy atom. The van der Waals surface area contributed by atoms with Crippen LogP contribution in [0.25, 0.3) is 0 Å². The zero-order valence-corrected chi connectivity index (χ0v) is 10.1. The summed E-state index contributed by atoms with van der Waals surface area (Å²) < 4.78 is 18.4. The van der Waals surface area contributed by atoms with Crippen LogP contribution in [0, 0.1) is 27.8 Å². The highest BCUT2D eigenvalue weighted by Gasteiger charge is 2.18. The predicted octanol–water partition coefficient (Wildman–Crippen LogP) is 2.57. The Balaban J connectivity index is 2.92. The number of methoxy groups -OCH3 is 1. The Bertz CT molecular complexity index is 506. The molecule has 0 fully saturated rings. The van der Waals surface area contributed by atoms with Crippen molar-refractivity contribution in [3.05, 3.63) is 28.1 Å². The van der Waals surface area contributed by atoms with E-state index in [1.807, 2.05) is 0 Å². The van der Waals surface area contributed by atoms with Gasteiger partial charge in [0, 0.05) is 19.0 Å². The number of nitro benzene ring substituents is 1. The fourth-order valence-electron chi connectivity index (χ4n) is 1.37. The molecule has 0 atom stereocenters. The molecule has 0 aliphatic rings. The lowest BCUT2D eigenvalue weighted by atomic mass is 10.2. The monoisotopic (exact) mass is 252 g/mol. The SMILES string of the molecule is CC#CCCNc1cc(OC)c([N+](=O)[O-])cc1F. The van der Waals surface area contributed by atoms with Crippen LogP contribution in [-0.2, 0) is 0 Å². The smallest absolute Gasteiger partial charge is 0.313 e. The van der Waals surface area contributed by atoms with E-state index in [-0.39, 0.29) is 11.4 Å². The largest absolute Gasteiger partial charge is 0.490 e. The van der Waals surface area contributed by atoms with Gasteiger partial charge in [-0.05, 0) is 6.92 Å². The van der Waals surface area contributed by atoms with Gasteiger partial charge in [-0.1, -0.05) is 0 Å². The van der Waals surface area contributed by atoms with Gasteiger partial charge in [0.1, 0.15) is 0 Å². The van der Waals surface area contributed by atoms with Gasteiger partial charge >= 0.3 is 5.69 Å². The first-order valence-corrected chi connectivity index (χ1v) is 5.25. The van der Waals surface area contributed by atoms with Crippen LogP contribution in [-0.4, -0.2) is 18.6 Å². The van der Waals surface area contributed by atoms with Crippen molar-refractivity contribution in [2.45, 2.75) is 13.3 Å². The molecule has 0 amide bonds. The van der Waals surface area contributed by atoms with Crippen molar-refractivity contribution in [3.8, 4) is 17.6 Å². The molecule has 96 valence electrons. The van der Waals surface area contributed by atoms with Crippen LogP contribution in [0.1, 0.15) is 13.3 Å². The summed E-state index contributed by atoms with van der Waals surface area (Å²) in [4.78, 5) is 9.98. The molecular weight excluding hydrogens is 239 g/mol. The van der Waals surface area contributed by atoms with Crippen LogP contribution >= 0.6 is 0 Å². The molecule has 5 nitrogen and oxygen atoms in total. The van der Waals surface area contributed by atoms with Crippen molar-refractivity contribution >= 4 is 11.4 Å². The predicted molar refractivity (Wildman–Crippen MR) is 66.2 cm³/mol. The second kappa shape index (κ2) is 6.45. The fraction of sp³-hybridized carbons (Fsp3) is 0.333. The van der Waals surface area contributed by atoms with Crippen molar-refractivity contribution in [1.82, 2.24) is 0 Å². The van der Waals surface area contributed by atoms with E-state index in [4.69, 9.17) is 4.74 Å². The molecule has 1 rings (SSSR count). The normalized spacial score (nSPS) is 9.28. The second-order valence-corrected chi connectivity index (χ2v) is 3.36. The van der Waals surface area contributed by atoms with Gasteiger partial charge in [-0.3, -0.25) is 10.1 Å². The van der Waals surface area contributed by atoms with Gasteiger partial charge in [0.05, 0.1) is 23.8 Å². The quantitative estimate of drug-likeness (QED) is 0.378. The molecular formula is C12H13FN2O3. The maximum Gasteiger partial charge on any atom is 0.313 e. The molecule has 0 unspecified atom stereocenters. The van der Waals surface area contributed by atoms with Crippen LogP contribution in [0.15, 0.2) is 12.1 Å². The minimum absolute atomic E-state index is 0.0190. The van der Waals surface area contributed by atoms with Gasteiger partial charge in [-0.25, -0.2) is 4.39 Å². The molecule has 0 saturated heterocycles. The third kappa shape index (κ3) is 3.35. The third-order valence-electron chi connectivity index (χ3n) is 2.21. The van der Waals surface area contributed by atoms with Gasteiger partial charge in [0.25, 0.3) is 0 Å². The lowest BCUT2D eigenvalue weighted by molar-refractivity contribution is -0.385. The zero-order chi connectivity index (χ0) is 13.5. The van der Waals surface area contributed by atoms with Crippen LogP contribution < -0.4 is 10.1 Å². The van der Waals surface area contributed by atoms with Crippen LogP contribution in [0.5, 0.6) is 5.75 Å². The van der Waals surface area contributed by atoms with E-state index in [1.165, 1.54) is 13.2 Å². The molecule has 0 saturated carbocycles. The van der Waals surface area contributed by atoms with Gasteiger partial charge in [-0.15, -0.1) is 11.8 Å². The summed E-state index contributed by atoms with van der Waals surface area (Å²) in [5.74, 6) is 4.87. The number of nitro groups is 1. The highest BCUT2D eigenvalue weighted by Crippen LogP contribution is 2.32. The summed E-state index contributed by atoms with van der Waals surface area (Å²) in [6, 6.07) is 2.11. The number of hydrogen-bond acceptors (Lipinski definition) is 4. The molecule has 6 heteroatoms. The van der Waals surface area contributed by atoms with Gasteiger partial charge in [0.2, 0.25) is 0 Å². The van der Waals surface area contributed by atoms with E-state index in [9.17, 15) is 14.5 Å². The number of hydrogen-bond donors (Lipinski definition) is 1. The van der Waals surface area contributed by atoms with E-state index >= 15 is 0 Å². The maximum absolute atomic E-state index is 13.6. The Morgan fingerprint density at radius 2 is 2.28 bits per heavy atom. The molecule has 0 radical (unpaired) electrons. The van der Waals surface area contributed by atoms with Gasteiger partial charge in [-0.2, -0.15) is 0 Å². The zero-order valence-electron chi connectivity index (χ0n) is 10.1. The highest BCUT2D eigenvalue weighted by molar-refractivity contribution is 5.59. The van der Waals surface area contributed by atoms with Gasteiger partial charge < -0.3 is 10.1 Å². The number of rotatable bonds is 5. The molecule has 0 aromatic heterocycles. The molecule has 1 aromatic rings. The number of nitrogens with zero attached hydrogens (tertiary/aromatic N) is 1. The number of nitrogens with one attached hydrogen (secondary N) is 1. The molecule has 1 N–H and O–H groups in total. The van der Waals surface area contributed by atoms with E-state index in [0.29, 0.717) is 13.0 Å². The van der Waals surface area contributed by atoms with E-state index < -0.39 is 16.4 Å². The first-order valence-electron chi connectivity index (χ1n) is 5.25. The first kappa shape index (κ1) is 13.8. The topological polar surface area (TPSA) is 64.4 Å². The number of benzene rings is 1. The van der Waals surface area contributed by atoms with Crippen LogP contribution in [0.2, 0.25) is 0 Å². The fourth-order valence-corrected chi connectivity index (χ4v) is 1.37. The van der Waals surface area contributed by atoms with Crippen molar-refractivity contribution in [1.29, 1.82) is 0 Å².